The summed E-state index contributed by atoms with van der Waals surface area (Å²) in [5.41, 5.74) is 9.63. The summed E-state index contributed by atoms with van der Waals surface area (Å²) < 4.78 is 0. The summed E-state index contributed by atoms with van der Waals surface area (Å²) in [6.45, 7) is 0. The third kappa shape index (κ3) is 5.33. The Balaban J connectivity index is 1.16. The van der Waals surface area contributed by atoms with Crippen LogP contribution in [0, 0.1) is 0 Å². The predicted molar refractivity (Wildman–Crippen MR) is 188 cm³/mol. The van der Waals surface area contributed by atoms with Gasteiger partial charge in [0.2, 0.25) is 0 Å². The van der Waals surface area contributed by atoms with Gasteiger partial charge < -0.3 is 0 Å². The minimum absolute atomic E-state index is 0.647. The molecule has 0 N–H and O–H groups in total. The molecule has 0 amide bonds. The largest absolute Gasteiger partial charge is 0.256 e. The molecule has 46 heavy (non-hydrogen) atoms. The molecular formula is C42H28N4. The van der Waals surface area contributed by atoms with Crippen molar-refractivity contribution in [2.45, 2.75) is 0 Å². The highest BCUT2D eigenvalue weighted by Crippen LogP contribution is 2.37. The Labute approximate surface area is 267 Å². The van der Waals surface area contributed by atoms with E-state index in [0.717, 1.165) is 33.5 Å². The fourth-order valence-corrected chi connectivity index (χ4v) is 5.89. The minimum atomic E-state index is 0.647. The molecule has 0 radical (unpaired) electrons. The van der Waals surface area contributed by atoms with Crippen LogP contribution in [0.2, 0.25) is 0 Å². The zero-order valence-corrected chi connectivity index (χ0v) is 25.0. The first kappa shape index (κ1) is 27.3. The number of nitrogens with zero attached hydrogens (tertiary/aromatic N) is 4. The third-order valence-electron chi connectivity index (χ3n) is 8.23. The second-order valence-corrected chi connectivity index (χ2v) is 11.1. The molecule has 0 unspecified atom stereocenters. The van der Waals surface area contributed by atoms with E-state index in [0.29, 0.717) is 17.5 Å². The van der Waals surface area contributed by atoms with Gasteiger partial charge in [0.25, 0.3) is 0 Å². The van der Waals surface area contributed by atoms with Gasteiger partial charge in [0.1, 0.15) is 0 Å². The van der Waals surface area contributed by atoms with E-state index in [1.54, 1.807) is 0 Å². The van der Waals surface area contributed by atoms with Crippen LogP contribution in [-0.4, -0.2) is 19.9 Å². The first-order valence-corrected chi connectivity index (χ1v) is 15.3. The summed E-state index contributed by atoms with van der Waals surface area (Å²) in [5.74, 6) is 1.96. The molecule has 8 aromatic rings. The smallest absolute Gasteiger partial charge is 0.164 e. The molecule has 2 heterocycles. The molecule has 0 saturated heterocycles. The average Bonchev–Trinajstić information content (AvgIpc) is 3.15. The van der Waals surface area contributed by atoms with Crippen LogP contribution in [0.5, 0.6) is 0 Å². The normalized spacial score (nSPS) is 11.0. The summed E-state index contributed by atoms with van der Waals surface area (Å²) in [5, 5.41) is 2.42. The van der Waals surface area contributed by atoms with Gasteiger partial charge in [0, 0.05) is 28.5 Å². The van der Waals surface area contributed by atoms with Crippen LogP contribution < -0.4 is 0 Å². The van der Waals surface area contributed by atoms with E-state index < -0.39 is 0 Å². The zero-order valence-electron chi connectivity index (χ0n) is 25.0. The topological polar surface area (TPSA) is 51.6 Å². The van der Waals surface area contributed by atoms with Crippen LogP contribution in [0.15, 0.2) is 170 Å². The fourth-order valence-electron chi connectivity index (χ4n) is 5.89. The van der Waals surface area contributed by atoms with Gasteiger partial charge in [-0.05, 0) is 45.2 Å². The van der Waals surface area contributed by atoms with Crippen LogP contribution in [0.3, 0.4) is 0 Å². The van der Waals surface area contributed by atoms with Crippen molar-refractivity contribution in [3.05, 3.63) is 170 Å². The monoisotopic (exact) mass is 588 g/mol. The lowest BCUT2D eigenvalue weighted by Gasteiger charge is -2.13. The Morgan fingerprint density at radius 2 is 0.674 bits per heavy atom. The van der Waals surface area contributed by atoms with Crippen molar-refractivity contribution < 1.29 is 0 Å². The van der Waals surface area contributed by atoms with Crippen LogP contribution in [0.4, 0.5) is 0 Å². The summed E-state index contributed by atoms with van der Waals surface area (Å²) in [6.07, 6.45) is 1.83. The van der Waals surface area contributed by atoms with Gasteiger partial charge in [-0.25, -0.2) is 15.0 Å². The van der Waals surface area contributed by atoms with Gasteiger partial charge in [0.05, 0.1) is 5.69 Å². The van der Waals surface area contributed by atoms with Gasteiger partial charge >= 0.3 is 0 Å². The van der Waals surface area contributed by atoms with Crippen molar-refractivity contribution in [3.8, 4) is 67.7 Å². The van der Waals surface area contributed by atoms with Crippen LogP contribution >= 0.6 is 0 Å². The molecule has 216 valence electrons. The number of rotatable bonds is 6. The summed E-state index contributed by atoms with van der Waals surface area (Å²) in [7, 11) is 0. The maximum atomic E-state index is 4.90. The Kier molecular flexibility index (Phi) is 7.14. The summed E-state index contributed by atoms with van der Waals surface area (Å²) in [6, 6.07) is 56.4. The van der Waals surface area contributed by atoms with Crippen LogP contribution in [0.25, 0.3) is 78.4 Å². The van der Waals surface area contributed by atoms with E-state index in [4.69, 9.17) is 15.0 Å². The molecule has 0 aliphatic carbocycles. The molecule has 4 heteroatoms. The first-order valence-electron chi connectivity index (χ1n) is 15.3. The quantitative estimate of drug-likeness (QED) is 0.194. The highest BCUT2D eigenvalue weighted by molar-refractivity contribution is 6.05. The molecule has 0 aliphatic rings. The second kappa shape index (κ2) is 12.0. The van der Waals surface area contributed by atoms with E-state index >= 15 is 0 Å². The van der Waals surface area contributed by atoms with Crippen molar-refractivity contribution >= 4 is 10.8 Å². The minimum Gasteiger partial charge on any atom is -0.256 e. The number of hydrogen-bond donors (Lipinski definition) is 0. The maximum absolute atomic E-state index is 4.90. The molecular weight excluding hydrogens is 560 g/mol. The SMILES string of the molecule is c1ccc(-c2nc(-c3ccccc3)nc(-c3ccc(-c4ccc(-c5ccc(-c6ccccn6)cc5)c5ccccc45)cc3)n2)cc1. The first-order chi connectivity index (χ1) is 22.8. The van der Waals surface area contributed by atoms with E-state index in [-0.39, 0.29) is 0 Å². The second-order valence-electron chi connectivity index (χ2n) is 11.1. The van der Waals surface area contributed by atoms with Crippen molar-refractivity contribution in [1.82, 2.24) is 19.9 Å². The Morgan fingerprint density at radius 1 is 0.283 bits per heavy atom. The Hall–Kier alpha value is -6.26. The summed E-state index contributed by atoms with van der Waals surface area (Å²) in [4.78, 5) is 19.1. The third-order valence-corrected chi connectivity index (χ3v) is 8.23. The lowest BCUT2D eigenvalue weighted by molar-refractivity contribution is 1.07. The molecule has 4 nitrogen and oxygen atoms in total. The predicted octanol–water partition coefficient (Wildman–Crippen LogP) is 10.4. The van der Waals surface area contributed by atoms with Gasteiger partial charge in [0.15, 0.2) is 17.5 Å². The molecule has 0 aliphatic heterocycles. The van der Waals surface area contributed by atoms with Gasteiger partial charge in [-0.2, -0.15) is 0 Å². The van der Waals surface area contributed by atoms with Crippen LogP contribution in [0.1, 0.15) is 0 Å². The van der Waals surface area contributed by atoms with E-state index in [1.165, 1.54) is 27.5 Å². The van der Waals surface area contributed by atoms with Gasteiger partial charge in [-0.15, -0.1) is 0 Å². The van der Waals surface area contributed by atoms with Gasteiger partial charge in [-0.1, -0.05) is 152 Å². The lowest BCUT2D eigenvalue weighted by atomic mass is 9.91. The van der Waals surface area contributed by atoms with Crippen molar-refractivity contribution in [2.75, 3.05) is 0 Å². The van der Waals surface area contributed by atoms with E-state index in [1.807, 2.05) is 85.1 Å². The highest BCUT2D eigenvalue weighted by Gasteiger charge is 2.14. The standard InChI is InChI=1S/C42H28N4/c1-3-11-32(12-4-1)40-44-41(33-13-5-2-6-14-33)46-42(45-40)34-24-20-30(21-25-34)36-27-26-35(37-15-7-8-16-38(36)37)29-18-22-31(23-19-29)39-17-9-10-28-43-39/h1-28H. The molecule has 0 fully saturated rings. The number of benzene rings is 6. The number of hydrogen-bond acceptors (Lipinski definition) is 4. The molecule has 0 atom stereocenters. The number of pyridine rings is 1. The van der Waals surface area contributed by atoms with E-state index in [2.05, 4.69) is 89.9 Å². The number of fused-ring (bicyclic) bond motifs is 1. The van der Waals surface area contributed by atoms with Crippen LogP contribution in [-0.2, 0) is 0 Å². The zero-order chi connectivity index (χ0) is 30.7. The molecule has 6 aromatic carbocycles. The van der Waals surface area contributed by atoms with Gasteiger partial charge in [-0.3, -0.25) is 4.98 Å². The Morgan fingerprint density at radius 3 is 1.13 bits per heavy atom. The van der Waals surface area contributed by atoms with Crippen molar-refractivity contribution in [1.29, 1.82) is 0 Å². The maximum Gasteiger partial charge on any atom is 0.164 e. The molecule has 0 spiro atoms. The fraction of sp³-hybridized carbons (Fsp3) is 0. The Bertz CT molecular complexity index is 2210. The average molecular weight is 589 g/mol. The molecule has 2 aromatic heterocycles. The molecule has 0 saturated carbocycles. The van der Waals surface area contributed by atoms with Crippen molar-refractivity contribution in [2.24, 2.45) is 0 Å². The molecule has 0 bridgehead atoms. The summed E-state index contributed by atoms with van der Waals surface area (Å²) >= 11 is 0. The number of aromatic nitrogens is 4. The highest BCUT2D eigenvalue weighted by atomic mass is 15.0. The van der Waals surface area contributed by atoms with Crippen molar-refractivity contribution in [3.63, 3.8) is 0 Å². The van der Waals surface area contributed by atoms with E-state index in [9.17, 15) is 0 Å². The molecule has 8 rings (SSSR count). The lowest BCUT2D eigenvalue weighted by Crippen LogP contribution is -2.00.